The van der Waals surface area contributed by atoms with Crippen molar-refractivity contribution >= 4 is 40.6 Å². The number of amidine groups is 1. The number of carboxylic acids is 1. The van der Waals surface area contributed by atoms with Crippen LogP contribution in [0, 0.1) is 11.9 Å². The molecule has 0 aliphatic carbocycles. The zero-order valence-electron chi connectivity index (χ0n) is 17.9. The summed E-state index contributed by atoms with van der Waals surface area (Å²) in [5.74, 6) is -1.43. The summed E-state index contributed by atoms with van der Waals surface area (Å²) in [5.41, 5.74) is 2.49. The van der Waals surface area contributed by atoms with Crippen molar-refractivity contribution in [2.45, 2.75) is 6.92 Å². The van der Waals surface area contributed by atoms with Gasteiger partial charge in [0, 0.05) is 12.5 Å². The number of carbonyl (C=O) groups is 2. The summed E-state index contributed by atoms with van der Waals surface area (Å²) in [6, 6.07) is 21.3. The Hall–Kier alpha value is -2.91. The molecule has 9 heteroatoms. The third kappa shape index (κ3) is 7.87. The van der Waals surface area contributed by atoms with Crippen LogP contribution < -0.4 is 34.9 Å². The number of rotatable bonds is 3. The summed E-state index contributed by atoms with van der Waals surface area (Å²) < 4.78 is 14.6. The van der Waals surface area contributed by atoms with Crippen LogP contribution in [0.25, 0.3) is 17.2 Å². The molecule has 162 valence electrons. The third-order valence-corrected chi connectivity index (χ3v) is 4.98. The molecule has 3 aromatic rings. The van der Waals surface area contributed by atoms with Crippen molar-refractivity contribution in [1.29, 1.82) is 0 Å². The van der Waals surface area contributed by atoms with Gasteiger partial charge in [-0.2, -0.15) is 18.2 Å². The van der Waals surface area contributed by atoms with Gasteiger partial charge in [-0.1, -0.05) is 24.3 Å². The molecule has 4 rings (SSSR count). The molecule has 1 aliphatic rings. The smallest absolute Gasteiger partial charge is 0.508 e. The fraction of sp³-hybridized carbons (Fsp3) is 0.0417. The second kappa shape index (κ2) is 12.4. The van der Waals surface area contributed by atoms with Crippen molar-refractivity contribution in [3.05, 3.63) is 89.1 Å². The molecule has 1 amide bonds. The number of aliphatic imine (C=N–C) groups is 1. The maximum Gasteiger partial charge on any atom is 1.00 e. The molecule has 0 spiro atoms. The number of thioether (sulfide) groups is 1. The van der Waals surface area contributed by atoms with Gasteiger partial charge >= 0.3 is 29.6 Å². The van der Waals surface area contributed by atoms with Crippen LogP contribution in [0.15, 0.2) is 76.6 Å². The normalized spacial score (nSPS) is 14.8. The van der Waals surface area contributed by atoms with E-state index in [-0.39, 0.29) is 41.2 Å². The van der Waals surface area contributed by atoms with Crippen LogP contribution in [0.1, 0.15) is 12.5 Å². The van der Waals surface area contributed by atoms with Gasteiger partial charge in [-0.05, 0) is 52.9 Å². The number of hydrogen-bond donors (Lipinski definition) is 3. The Morgan fingerprint density at radius 3 is 2.30 bits per heavy atom. The van der Waals surface area contributed by atoms with E-state index in [0.717, 1.165) is 12.5 Å². The fourth-order valence-corrected chi connectivity index (χ4v) is 3.50. The Balaban J connectivity index is 0.000000714. The second-order valence-electron chi connectivity index (χ2n) is 6.54. The minimum Gasteiger partial charge on any atom is -0.508 e. The van der Waals surface area contributed by atoms with E-state index in [2.05, 4.69) is 16.4 Å². The molecular weight excluding hydrogens is 454 g/mol. The average molecular weight is 472 g/mol. The maximum atomic E-state index is 14.6. The van der Waals surface area contributed by atoms with Gasteiger partial charge in [0.1, 0.15) is 11.6 Å². The standard InChI is InChI=1S/C22H14FN2O2S.C2H4O2.Na/c23-19-12-15(14-8-10-18(26)11-9-14)6-7-16(19)13-20-21(27)25-22(28-20)24-17-4-2-1-3-5-17;1-2(3)4;/h2-13,26H,(H,24,25,27);1H3,(H,3,4);/q-1;;+1/b20-13+;;. The van der Waals surface area contributed by atoms with E-state index in [1.165, 1.54) is 23.9 Å². The molecule has 1 saturated heterocycles. The first kappa shape index (κ1) is 26.3. The van der Waals surface area contributed by atoms with Crippen LogP contribution in [0.4, 0.5) is 10.1 Å². The van der Waals surface area contributed by atoms with E-state index in [4.69, 9.17) is 9.90 Å². The molecule has 1 fully saturated rings. The SMILES string of the molecule is CC(=O)O.O=C1NC(=Nc2cc[c-]cc2)S/C1=C/c1ccc(-c2ccc(O)cc2)cc1F.[Na+]. The van der Waals surface area contributed by atoms with Crippen LogP contribution >= 0.6 is 11.8 Å². The van der Waals surface area contributed by atoms with Gasteiger partial charge in [-0.3, -0.25) is 14.6 Å². The minimum absolute atomic E-state index is 0. The van der Waals surface area contributed by atoms with Crippen molar-refractivity contribution < 1.29 is 53.7 Å². The number of phenolic OH excluding ortho intramolecular Hbond substituents is 1. The van der Waals surface area contributed by atoms with Crippen LogP contribution in [-0.4, -0.2) is 27.3 Å². The molecule has 0 aromatic heterocycles. The Kier molecular flexibility index (Phi) is 9.87. The van der Waals surface area contributed by atoms with Crippen molar-refractivity contribution in [2.75, 3.05) is 0 Å². The molecule has 3 N–H and O–H groups in total. The predicted molar refractivity (Wildman–Crippen MR) is 123 cm³/mol. The molecule has 6 nitrogen and oxygen atoms in total. The molecule has 1 aliphatic heterocycles. The number of amides is 1. The second-order valence-corrected chi connectivity index (χ2v) is 7.57. The number of carbonyl (C=O) groups excluding carboxylic acids is 1. The summed E-state index contributed by atoms with van der Waals surface area (Å²) in [6.45, 7) is 1.08. The van der Waals surface area contributed by atoms with Gasteiger partial charge in [0.15, 0.2) is 5.17 Å². The summed E-state index contributed by atoms with van der Waals surface area (Å²) in [6.07, 6.45) is 1.51. The Morgan fingerprint density at radius 2 is 1.70 bits per heavy atom. The van der Waals surface area contributed by atoms with E-state index < -0.39 is 11.8 Å². The molecule has 0 radical (unpaired) electrons. The molecule has 0 unspecified atom stereocenters. The van der Waals surface area contributed by atoms with Gasteiger partial charge in [0.25, 0.3) is 11.9 Å². The summed E-state index contributed by atoms with van der Waals surface area (Å²) >= 11 is 1.17. The molecule has 3 aromatic carbocycles. The number of nitrogens with zero attached hydrogens (tertiary/aromatic N) is 1. The van der Waals surface area contributed by atoms with Crippen LogP contribution in [0.2, 0.25) is 0 Å². The van der Waals surface area contributed by atoms with E-state index in [1.54, 1.807) is 60.7 Å². The number of phenols is 1. The number of nitrogens with one attached hydrogen (secondary N) is 1. The quantitative estimate of drug-likeness (QED) is 0.308. The molecule has 0 saturated carbocycles. The summed E-state index contributed by atoms with van der Waals surface area (Å²) in [7, 11) is 0. The van der Waals surface area contributed by atoms with Crippen LogP contribution in [-0.2, 0) is 9.59 Å². The first-order chi connectivity index (χ1) is 15.3. The topological polar surface area (TPSA) is 99.0 Å². The number of aliphatic carboxylic acids is 1. The minimum atomic E-state index is -0.833. The molecular formula is C24H18FN2NaO4S. The van der Waals surface area contributed by atoms with Crippen LogP contribution in [0.3, 0.4) is 0 Å². The maximum absolute atomic E-state index is 14.6. The van der Waals surface area contributed by atoms with E-state index in [0.29, 0.717) is 26.9 Å². The first-order valence-corrected chi connectivity index (χ1v) is 10.2. The number of hydrogen-bond acceptors (Lipinski definition) is 5. The van der Waals surface area contributed by atoms with Crippen molar-refractivity contribution in [2.24, 2.45) is 4.99 Å². The zero-order chi connectivity index (χ0) is 23.1. The third-order valence-electron chi connectivity index (χ3n) is 4.07. The largest absolute Gasteiger partial charge is 1.00 e. The number of aromatic hydroxyl groups is 1. The van der Waals surface area contributed by atoms with E-state index >= 15 is 0 Å². The van der Waals surface area contributed by atoms with Gasteiger partial charge in [-0.25, -0.2) is 4.39 Å². The number of carboxylic acid groups (broad SMARTS) is 1. The van der Waals surface area contributed by atoms with Crippen molar-refractivity contribution in [3.8, 4) is 16.9 Å². The van der Waals surface area contributed by atoms with Gasteiger partial charge in [0.05, 0.1) is 4.91 Å². The Bertz CT molecular complexity index is 1190. The monoisotopic (exact) mass is 472 g/mol. The van der Waals surface area contributed by atoms with Crippen LogP contribution in [0.5, 0.6) is 5.75 Å². The van der Waals surface area contributed by atoms with Gasteiger partial charge in [0.2, 0.25) is 0 Å². The zero-order valence-corrected chi connectivity index (χ0v) is 20.7. The summed E-state index contributed by atoms with van der Waals surface area (Å²) in [4.78, 5) is 25.9. The summed E-state index contributed by atoms with van der Waals surface area (Å²) in [5, 5.41) is 19.9. The van der Waals surface area contributed by atoms with E-state index in [1.807, 2.05) is 0 Å². The molecule has 33 heavy (non-hydrogen) atoms. The number of benzene rings is 3. The van der Waals surface area contributed by atoms with Crippen molar-refractivity contribution in [3.63, 3.8) is 0 Å². The molecule has 0 atom stereocenters. The van der Waals surface area contributed by atoms with Gasteiger partial charge in [-0.15, -0.1) is 12.1 Å². The van der Waals surface area contributed by atoms with Gasteiger partial charge < -0.3 is 15.5 Å². The Morgan fingerprint density at radius 1 is 1.09 bits per heavy atom. The predicted octanol–water partition coefficient (Wildman–Crippen LogP) is 1.98. The molecule has 1 heterocycles. The van der Waals surface area contributed by atoms with Crippen molar-refractivity contribution in [1.82, 2.24) is 5.32 Å². The fourth-order valence-electron chi connectivity index (χ4n) is 2.67. The first-order valence-electron chi connectivity index (χ1n) is 9.36. The van der Waals surface area contributed by atoms with E-state index in [9.17, 15) is 14.3 Å². The molecule has 0 bridgehead atoms. The Labute approximate surface area is 216 Å². The number of halogens is 1. The average Bonchev–Trinajstić information content (AvgIpc) is 3.09.